The predicted molar refractivity (Wildman–Crippen MR) is 116 cm³/mol. The van der Waals surface area contributed by atoms with Gasteiger partial charge >= 0.3 is 12.1 Å². The Morgan fingerprint density at radius 2 is 1.62 bits per heavy atom. The monoisotopic (exact) mass is 474 g/mol. The zero-order valence-corrected chi connectivity index (χ0v) is 18.0. The Morgan fingerprint density at radius 1 is 1.03 bits per heavy atom. The van der Waals surface area contributed by atoms with Crippen LogP contribution < -0.4 is 10.6 Å². The second kappa shape index (κ2) is 9.38. The second-order valence-corrected chi connectivity index (χ2v) is 8.38. The molecule has 0 heterocycles. The lowest BCUT2D eigenvalue weighted by molar-refractivity contribution is -0.142. The minimum absolute atomic E-state index is 0.0201. The van der Waals surface area contributed by atoms with Crippen LogP contribution in [0.25, 0.3) is 11.1 Å². The van der Waals surface area contributed by atoms with Crippen molar-refractivity contribution < 1.29 is 38.1 Å². The lowest BCUT2D eigenvalue weighted by Gasteiger charge is -2.14. The minimum Gasteiger partial charge on any atom is -0.480 e. The van der Waals surface area contributed by atoms with E-state index in [1.54, 1.807) is 0 Å². The van der Waals surface area contributed by atoms with E-state index in [9.17, 15) is 23.2 Å². The smallest absolute Gasteiger partial charge is 0.407 e. The average Bonchev–Trinajstić information content (AvgIpc) is 3.22. The maximum Gasteiger partial charge on any atom is 0.407 e. The molecule has 0 radical (unpaired) electrons. The van der Waals surface area contributed by atoms with Crippen molar-refractivity contribution in [3.05, 3.63) is 59.7 Å². The predicted octanol–water partition coefficient (Wildman–Crippen LogP) is 2.36. The molecular formula is C24H24F2N2O6. The van der Waals surface area contributed by atoms with E-state index in [2.05, 4.69) is 5.32 Å². The van der Waals surface area contributed by atoms with Gasteiger partial charge < -0.3 is 25.6 Å². The fourth-order valence-corrected chi connectivity index (χ4v) is 4.49. The first-order chi connectivity index (χ1) is 16.3. The van der Waals surface area contributed by atoms with Gasteiger partial charge in [-0.15, -0.1) is 0 Å². The third-order valence-corrected chi connectivity index (χ3v) is 6.33. The highest BCUT2D eigenvalue weighted by atomic mass is 19.3. The summed E-state index contributed by atoms with van der Waals surface area (Å²) in [7, 11) is 0. The van der Waals surface area contributed by atoms with Crippen molar-refractivity contribution in [3.8, 4) is 11.1 Å². The number of hydrogen-bond donors (Lipinski definition) is 4. The number of carbonyl (C=O) groups excluding carboxylic acids is 2. The van der Waals surface area contributed by atoms with Crippen LogP contribution in [0.3, 0.4) is 0 Å². The van der Waals surface area contributed by atoms with Crippen LogP contribution in [-0.2, 0) is 14.3 Å². The average molecular weight is 474 g/mol. The summed E-state index contributed by atoms with van der Waals surface area (Å²) in [6, 6.07) is 14.1. The number of nitrogens with one attached hydrogen (secondary N) is 2. The Bertz CT molecular complexity index is 1060. The van der Waals surface area contributed by atoms with Crippen molar-refractivity contribution in [2.45, 2.75) is 24.3 Å². The molecule has 2 aliphatic carbocycles. The Labute approximate surface area is 193 Å². The zero-order valence-electron chi connectivity index (χ0n) is 18.0. The fraction of sp³-hybridized carbons (Fsp3) is 0.375. The molecule has 180 valence electrons. The van der Waals surface area contributed by atoms with E-state index < -0.39 is 54.9 Å². The molecule has 1 fully saturated rings. The second-order valence-electron chi connectivity index (χ2n) is 8.38. The van der Waals surface area contributed by atoms with E-state index in [1.807, 2.05) is 53.8 Å². The number of alkyl halides is 2. The Hall–Kier alpha value is -3.53. The summed E-state index contributed by atoms with van der Waals surface area (Å²) in [5.41, 5.74) is 4.13. The molecule has 10 heteroatoms. The standard InChI is InChI=1S/C24H24F2N2O6/c25-24(26)18(20(24)21(30)28-19(9-10-29)22(31)32)11-27-23(33)34-12-17-15-7-3-1-5-13(15)14-6-2-4-8-16(14)17/h1-8,17-20,29H,9-12H2,(H,27,33)(H,28,30)(H,31,32)/t18-,19-,20-/m0/s1. The number of benzene rings is 2. The largest absolute Gasteiger partial charge is 0.480 e. The van der Waals surface area contributed by atoms with Gasteiger partial charge in [0.1, 0.15) is 18.6 Å². The van der Waals surface area contributed by atoms with Crippen LogP contribution in [0.1, 0.15) is 23.5 Å². The number of halogens is 2. The SMILES string of the molecule is O=C(NC[C@H]1[C@@H](C(=O)N[C@@H](CCO)C(=O)O)C1(F)F)OCC1c2ccccc2-c2ccccc21. The van der Waals surface area contributed by atoms with Crippen molar-refractivity contribution in [1.82, 2.24) is 10.6 Å². The number of carbonyl (C=O) groups is 3. The van der Waals surface area contributed by atoms with Crippen LogP contribution in [0.15, 0.2) is 48.5 Å². The van der Waals surface area contributed by atoms with Gasteiger partial charge in [-0.2, -0.15) is 0 Å². The van der Waals surface area contributed by atoms with E-state index in [1.165, 1.54) is 0 Å². The molecule has 0 aromatic heterocycles. The number of aliphatic hydroxyl groups excluding tert-OH is 1. The van der Waals surface area contributed by atoms with E-state index >= 15 is 0 Å². The van der Waals surface area contributed by atoms with Crippen molar-refractivity contribution in [1.29, 1.82) is 0 Å². The van der Waals surface area contributed by atoms with E-state index in [4.69, 9.17) is 14.9 Å². The van der Waals surface area contributed by atoms with Crippen LogP contribution in [0.4, 0.5) is 13.6 Å². The molecule has 2 aliphatic rings. The minimum atomic E-state index is -3.39. The molecule has 2 aromatic rings. The molecule has 0 aliphatic heterocycles. The highest BCUT2D eigenvalue weighted by Crippen LogP contribution is 2.55. The number of ether oxygens (including phenoxy) is 1. The molecular weight excluding hydrogens is 450 g/mol. The number of amides is 2. The van der Waals surface area contributed by atoms with Crippen LogP contribution in [0, 0.1) is 11.8 Å². The summed E-state index contributed by atoms with van der Waals surface area (Å²) in [4.78, 5) is 35.4. The van der Waals surface area contributed by atoms with Gasteiger partial charge in [0.25, 0.3) is 5.92 Å². The lowest BCUT2D eigenvalue weighted by atomic mass is 9.98. The Balaban J connectivity index is 1.31. The van der Waals surface area contributed by atoms with Gasteiger partial charge in [-0.3, -0.25) is 4.79 Å². The summed E-state index contributed by atoms with van der Waals surface area (Å²) in [5, 5.41) is 22.2. The van der Waals surface area contributed by atoms with Crippen molar-refractivity contribution in [2.75, 3.05) is 19.8 Å². The Kier molecular flexibility index (Phi) is 6.52. The highest BCUT2D eigenvalue weighted by molar-refractivity contribution is 5.88. The molecule has 4 N–H and O–H groups in total. The molecule has 0 unspecified atom stereocenters. The summed E-state index contributed by atoms with van der Waals surface area (Å²) in [5.74, 6) is -9.37. The van der Waals surface area contributed by atoms with Crippen LogP contribution >= 0.6 is 0 Å². The first-order valence-electron chi connectivity index (χ1n) is 10.9. The fourth-order valence-electron chi connectivity index (χ4n) is 4.49. The van der Waals surface area contributed by atoms with Gasteiger partial charge in [0.05, 0.1) is 5.92 Å². The first-order valence-corrected chi connectivity index (χ1v) is 10.9. The van der Waals surface area contributed by atoms with Gasteiger partial charge in [0.15, 0.2) is 0 Å². The Morgan fingerprint density at radius 3 is 2.18 bits per heavy atom. The number of carboxylic acid groups (broad SMARTS) is 1. The summed E-state index contributed by atoms with van der Waals surface area (Å²) < 4.78 is 33.5. The van der Waals surface area contributed by atoms with E-state index in [0.29, 0.717) is 0 Å². The normalized spacial score (nSPS) is 20.6. The van der Waals surface area contributed by atoms with E-state index in [-0.39, 0.29) is 18.9 Å². The molecule has 8 nitrogen and oxygen atoms in total. The molecule has 2 amide bonds. The lowest BCUT2D eigenvalue weighted by Crippen LogP contribution is -2.43. The quantitative estimate of drug-likeness (QED) is 0.442. The molecule has 0 spiro atoms. The third-order valence-electron chi connectivity index (χ3n) is 6.33. The molecule has 0 bridgehead atoms. The van der Waals surface area contributed by atoms with Crippen LogP contribution in [0.5, 0.6) is 0 Å². The van der Waals surface area contributed by atoms with Crippen molar-refractivity contribution >= 4 is 18.0 Å². The molecule has 2 aromatic carbocycles. The third kappa shape index (κ3) is 4.45. The summed E-state index contributed by atoms with van der Waals surface area (Å²) in [6.07, 6.45) is -1.19. The number of alkyl carbamates (subject to hydrolysis) is 1. The van der Waals surface area contributed by atoms with Gasteiger partial charge in [0.2, 0.25) is 5.91 Å². The zero-order chi connectivity index (χ0) is 24.5. The van der Waals surface area contributed by atoms with Crippen molar-refractivity contribution in [3.63, 3.8) is 0 Å². The molecule has 4 rings (SSSR count). The van der Waals surface area contributed by atoms with Crippen LogP contribution in [0.2, 0.25) is 0 Å². The maximum absolute atomic E-state index is 14.1. The summed E-state index contributed by atoms with van der Waals surface area (Å²) >= 11 is 0. The number of aliphatic hydroxyl groups is 1. The highest BCUT2D eigenvalue weighted by Gasteiger charge is 2.71. The first kappa shape index (κ1) is 23.6. The molecule has 3 atom stereocenters. The molecule has 1 saturated carbocycles. The topological polar surface area (TPSA) is 125 Å². The van der Waals surface area contributed by atoms with Gasteiger partial charge in [-0.1, -0.05) is 48.5 Å². The number of fused-ring (bicyclic) bond motifs is 3. The number of hydrogen-bond acceptors (Lipinski definition) is 5. The van der Waals surface area contributed by atoms with Gasteiger partial charge in [-0.25, -0.2) is 18.4 Å². The van der Waals surface area contributed by atoms with Gasteiger partial charge in [-0.05, 0) is 22.3 Å². The van der Waals surface area contributed by atoms with Gasteiger partial charge in [0, 0.05) is 25.5 Å². The number of carboxylic acids is 1. The maximum atomic E-state index is 14.1. The van der Waals surface area contributed by atoms with Crippen LogP contribution in [-0.4, -0.2) is 59.9 Å². The molecule has 34 heavy (non-hydrogen) atoms. The molecule has 0 saturated heterocycles. The summed E-state index contributed by atoms with van der Waals surface area (Å²) in [6.45, 7) is -1.00. The number of aliphatic carboxylic acids is 1. The van der Waals surface area contributed by atoms with Crippen molar-refractivity contribution in [2.24, 2.45) is 11.8 Å². The number of rotatable bonds is 9. The van der Waals surface area contributed by atoms with E-state index in [0.717, 1.165) is 22.3 Å².